The van der Waals surface area contributed by atoms with Crippen LogP contribution in [0.25, 0.3) is 11.4 Å². The fourth-order valence-electron chi connectivity index (χ4n) is 3.48. The monoisotopic (exact) mass is 423 g/mol. The third kappa shape index (κ3) is 6.41. The van der Waals surface area contributed by atoms with Crippen LogP contribution in [0.15, 0.2) is 36.7 Å². The summed E-state index contributed by atoms with van der Waals surface area (Å²) < 4.78 is 44.0. The van der Waals surface area contributed by atoms with Crippen molar-refractivity contribution in [3.05, 3.63) is 42.2 Å². The van der Waals surface area contributed by atoms with Gasteiger partial charge in [0.15, 0.2) is 11.6 Å². The fourth-order valence-corrected chi connectivity index (χ4v) is 3.48. The van der Waals surface area contributed by atoms with E-state index in [2.05, 4.69) is 15.3 Å². The minimum Gasteiger partial charge on any atom is -0.487 e. The smallest absolute Gasteiger partial charge is 0.391 e. The highest BCUT2D eigenvalue weighted by molar-refractivity contribution is 5.66. The fraction of sp³-hybridized carbons (Fsp3) is 0.476. The van der Waals surface area contributed by atoms with Crippen molar-refractivity contribution in [1.29, 1.82) is 0 Å². The van der Waals surface area contributed by atoms with Crippen molar-refractivity contribution in [3.63, 3.8) is 0 Å². The quantitative estimate of drug-likeness (QED) is 0.619. The number of ether oxygens (including phenoxy) is 1. The van der Waals surface area contributed by atoms with Gasteiger partial charge in [-0.25, -0.2) is 9.97 Å². The summed E-state index contributed by atoms with van der Waals surface area (Å²) in [7, 11) is 0. The van der Waals surface area contributed by atoms with E-state index in [9.17, 15) is 18.0 Å². The Kier molecular flexibility index (Phi) is 7.25. The standard InChI is InChI=1S/C21H24F3N3O3/c22-21(23,24)16-4-6-17(7-5-16)30-18-12-26-20(27-13-18)15-3-1-2-14(10-15)11-25-9-8-19(28)29/h1-3,10,12-13,16-17,25H,4-9,11H2,(H,28,29)/t16-,17+. The first-order valence-electron chi connectivity index (χ1n) is 9.88. The van der Waals surface area contributed by atoms with Crippen LogP contribution in [-0.4, -0.2) is 39.9 Å². The molecule has 1 aromatic heterocycles. The minimum atomic E-state index is -4.13. The molecule has 0 spiro atoms. The molecule has 1 saturated carbocycles. The SMILES string of the molecule is O=C(O)CCNCc1cccc(-c2ncc(O[C@H]3CC[C@@H](C(F)(F)F)CC3)cn2)c1. The molecule has 0 amide bonds. The summed E-state index contributed by atoms with van der Waals surface area (Å²) in [5, 5.41) is 11.7. The summed E-state index contributed by atoms with van der Waals surface area (Å²) in [6.07, 6.45) is -0.352. The molecule has 2 N–H and O–H groups in total. The van der Waals surface area contributed by atoms with Crippen LogP contribution in [0, 0.1) is 5.92 Å². The van der Waals surface area contributed by atoms with Crippen molar-refractivity contribution in [1.82, 2.24) is 15.3 Å². The van der Waals surface area contributed by atoms with Gasteiger partial charge in [0.25, 0.3) is 0 Å². The van der Waals surface area contributed by atoms with Crippen LogP contribution in [-0.2, 0) is 11.3 Å². The molecule has 1 fully saturated rings. The van der Waals surface area contributed by atoms with Gasteiger partial charge in [-0.1, -0.05) is 18.2 Å². The van der Waals surface area contributed by atoms with E-state index >= 15 is 0 Å². The largest absolute Gasteiger partial charge is 0.487 e. The van der Waals surface area contributed by atoms with Crippen LogP contribution < -0.4 is 10.1 Å². The lowest BCUT2D eigenvalue weighted by Crippen LogP contribution is -2.31. The van der Waals surface area contributed by atoms with Gasteiger partial charge in [0.05, 0.1) is 30.8 Å². The van der Waals surface area contributed by atoms with Gasteiger partial charge in [-0.15, -0.1) is 0 Å². The van der Waals surface area contributed by atoms with E-state index in [1.807, 2.05) is 24.3 Å². The third-order valence-corrected chi connectivity index (χ3v) is 5.10. The van der Waals surface area contributed by atoms with Crippen molar-refractivity contribution in [2.24, 2.45) is 5.92 Å². The zero-order valence-electron chi connectivity index (χ0n) is 16.4. The first-order chi connectivity index (χ1) is 14.3. The molecule has 1 aromatic carbocycles. The number of nitrogens with zero attached hydrogens (tertiary/aromatic N) is 2. The highest BCUT2D eigenvalue weighted by atomic mass is 19.4. The van der Waals surface area contributed by atoms with Gasteiger partial charge < -0.3 is 15.2 Å². The molecule has 2 aromatic rings. The molecular weight excluding hydrogens is 399 g/mol. The van der Waals surface area contributed by atoms with Gasteiger partial charge in [-0.2, -0.15) is 13.2 Å². The number of alkyl halides is 3. The Labute approximate surface area is 172 Å². The van der Waals surface area contributed by atoms with Crippen molar-refractivity contribution in [2.75, 3.05) is 6.54 Å². The number of hydrogen-bond donors (Lipinski definition) is 2. The minimum absolute atomic E-state index is 0.0577. The molecule has 1 aliphatic rings. The number of carboxylic acid groups (broad SMARTS) is 1. The number of rotatable bonds is 8. The molecule has 0 atom stereocenters. The van der Waals surface area contributed by atoms with Gasteiger partial charge in [-0.05, 0) is 37.3 Å². The Morgan fingerprint density at radius 3 is 2.50 bits per heavy atom. The van der Waals surface area contributed by atoms with Gasteiger partial charge in [-0.3, -0.25) is 4.79 Å². The van der Waals surface area contributed by atoms with Crippen LogP contribution in [0.4, 0.5) is 13.2 Å². The summed E-state index contributed by atoms with van der Waals surface area (Å²) in [6.45, 7) is 0.913. The van der Waals surface area contributed by atoms with Crippen LogP contribution in [0.2, 0.25) is 0 Å². The van der Waals surface area contributed by atoms with E-state index in [1.165, 1.54) is 12.4 Å². The summed E-state index contributed by atoms with van der Waals surface area (Å²) in [5.41, 5.74) is 1.79. The Morgan fingerprint density at radius 2 is 1.87 bits per heavy atom. The van der Waals surface area contributed by atoms with Gasteiger partial charge in [0.1, 0.15) is 0 Å². The molecule has 3 rings (SSSR count). The molecule has 9 heteroatoms. The van der Waals surface area contributed by atoms with Crippen molar-refractivity contribution < 1.29 is 27.8 Å². The summed E-state index contributed by atoms with van der Waals surface area (Å²) in [4.78, 5) is 19.2. The summed E-state index contributed by atoms with van der Waals surface area (Å²) in [6, 6.07) is 7.58. The van der Waals surface area contributed by atoms with Gasteiger partial charge in [0, 0.05) is 18.7 Å². The lowest BCUT2D eigenvalue weighted by molar-refractivity contribution is -0.185. The number of nitrogens with one attached hydrogen (secondary N) is 1. The third-order valence-electron chi connectivity index (χ3n) is 5.10. The molecule has 30 heavy (non-hydrogen) atoms. The van der Waals surface area contributed by atoms with Crippen LogP contribution >= 0.6 is 0 Å². The maximum Gasteiger partial charge on any atom is 0.391 e. The number of benzene rings is 1. The number of aliphatic carboxylic acids is 1. The molecule has 0 aliphatic heterocycles. The number of halogens is 3. The summed E-state index contributed by atoms with van der Waals surface area (Å²) in [5.74, 6) is -1.13. The predicted molar refractivity (Wildman–Crippen MR) is 104 cm³/mol. The lowest BCUT2D eigenvalue weighted by Gasteiger charge is -2.29. The maximum atomic E-state index is 12.8. The molecular formula is C21H24F3N3O3. The second kappa shape index (κ2) is 9.88. The number of aromatic nitrogens is 2. The van der Waals surface area contributed by atoms with E-state index in [-0.39, 0.29) is 25.4 Å². The van der Waals surface area contributed by atoms with E-state index in [1.54, 1.807) is 0 Å². The average Bonchev–Trinajstić information content (AvgIpc) is 2.72. The van der Waals surface area contributed by atoms with Crippen LogP contribution in [0.5, 0.6) is 5.75 Å². The molecule has 0 saturated heterocycles. The molecule has 1 heterocycles. The van der Waals surface area contributed by atoms with Gasteiger partial charge in [0.2, 0.25) is 0 Å². The average molecular weight is 423 g/mol. The van der Waals surface area contributed by atoms with Crippen LogP contribution in [0.1, 0.15) is 37.7 Å². The normalized spacial score (nSPS) is 19.4. The zero-order valence-corrected chi connectivity index (χ0v) is 16.4. The lowest BCUT2D eigenvalue weighted by atomic mass is 9.87. The Morgan fingerprint density at radius 1 is 1.17 bits per heavy atom. The van der Waals surface area contributed by atoms with Crippen LogP contribution in [0.3, 0.4) is 0 Å². The molecule has 0 radical (unpaired) electrons. The predicted octanol–water partition coefficient (Wildman–Crippen LogP) is 4.21. The molecule has 6 nitrogen and oxygen atoms in total. The molecule has 1 aliphatic carbocycles. The maximum absolute atomic E-state index is 12.8. The first-order valence-corrected chi connectivity index (χ1v) is 9.88. The highest BCUT2D eigenvalue weighted by Gasteiger charge is 2.41. The Bertz CT molecular complexity index is 835. The second-order valence-electron chi connectivity index (χ2n) is 7.40. The highest BCUT2D eigenvalue weighted by Crippen LogP contribution is 2.38. The van der Waals surface area contributed by atoms with Crippen molar-refractivity contribution in [3.8, 4) is 17.1 Å². The number of hydrogen-bond acceptors (Lipinski definition) is 5. The van der Waals surface area contributed by atoms with E-state index in [0.717, 1.165) is 11.1 Å². The van der Waals surface area contributed by atoms with E-state index < -0.39 is 18.1 Å². The number of carboxylic acids is 1. The molecule has 162 valence electrons. The number of carbonyl (C=O) groups is 1. The van der Waals surface area contributed by atoms with E-state index in [4.69, 9.17) is 9.84 Å². The molecule has 0 bridgehead atoms. The second-order valence-corrected chi connectivity index (χ2v) is 7.40. The summed E-state index contributed by atoms with van der Waals surface area (Å²) >= 11 is 0. The Balaban J connectivity index is 1.53. The zero-order chi connectivity index (χ0) is 21.6. The van der Waals surface area contributed by atoms with Crippen molar-refractivity contribution >= 4 is 5.97 Å². The first kappa shape index (κ1) is 22.0. The van der Waals surface area contributed by atoms with Crippen molar-refractivity contribution in [2.45, 2.75) is 50.9 Å². The van der Waals surface area contributed by atoms with E-state index in [0.29, 0.717) is 37.5 Å². The van der Waals surface area contributed by atoms with Gasteiger partial charge >= 0.3 is 12.1 Å². The Hall–Kier alpha value is -2.68. The molecule has 0 unspecified atom stereocenters. The topological polar surface area (TPSA) is 84.3 Å².